The fourth-order valence-corrected chi connectivity index (χ4v) is 4.05. The van der Waals surface area contributed by atoms with Gasteiger partial charge in [-0.2, -0.15) is 0 Å². The van der Waals surface area contributed by atoms with Crippen molar-refractivity contribution in [2.75, 3.05) is 44.7 Å². The zero-order valence-electron chi connectivity index (χ0n) is 16.7. The number of aromatic amines is 1. The molecule has 0 bridgehead atoms. The van der Waals surface area contributed by atoms with Crippen LogP contribution < -0.4 is 10.2 Å². The molecule has 3 aromatic rings. The molecule has 146 valence electrons. The molecule has 5 nitrogen and oxygen atoms in total. The van der Waals surface area contributed by atoms with Crippen LogP contribution in [-0.4, -0.2) is 54.6 Å². The summed E-state index contributed by atoms with van der Waals surface area (Å²) in [6.07, 6.45) is 0. The van der Waals surface area contributed by atoms with Gasteiger partial charge >= 0.3 is 0 Å². The van der Waals surface area contributed by atoms with E-state index in [-0.39, 0.29) is 6.04 Å². The molecule has 0 spiro atoms. The number of hydrogen-bond donors (Lipinski definition) is 2. The molecule has 2 N–H and O–H groups in total. The molecule has 1 unspecified atom stereocenters. The molecular formula is C23H29N5. The van der Waals surface area contributed by atoms with Crippen LogP contribution in [0.3, 0.4) is 0 Å². The van der Waals surface area contributed by atoms with Crippen molar-refractivity contribution in [2.45, 2.75) is 13.0 Å². The van der Waals surface area contributed by atoms with Crippen molar-refractivity contribution in [1.82, 2.24) is 20.2 Å². The summed E-state index contributed by atoms with van der Waals surface area (Å²) >= 11 is 0. The predicted molar refractivity (Wildman–Crippen MR) is 116 cm³/mol. The third-order valence-corrected chi connectivity index (χ3v) is 5.56. The van der Waals surface area contributed by atoms with Crippen molar-refractivity contribution >= 4 is 5.69 Å². The summed E-state index contributed by atoms with van der Waals surface area (Å²) in [5.74, 6) is 0.956. The summed E-state index contributed by atoms with van der Waals surface area (Å²) < 4.78 is 0. The van der Waals surface area contributed by atoms with Crippen molar-refractivity contribution in [2.24, 2.45) is 0 Å². The molecule has 1 fully saturated rings. The summed E-state index contributed by atoms with van der Waals surface area (Å²) in [5.41, 5.74) is 4.76. The summed E-state index contributed by atoms with van der Waals surface area (Å²) in [6, 6.07) is 21.3. The van der Waals surface area contributed by atoms with E-state index in [1.165, 1.54) is 5.69 Å². The van der Waals surface area contributed by atoms with Gasteiger partial charge in [-0.05, 0) is 26.1 Å². The van der Waals surface area contributed by atoms with Crippen LogP contribution in [-0.2, 0) is 0 Å². The first-order valence-corrected chi connectivity index (χ1v) is 10.1. The van der Waals surface area contributed by atoms with Gasteiger partial charge in [0.2, 0.25) is 0 Å². The third-order valence-electron chi connectivity index (χ3n) is 5.56. The molecule has 0 amide bonds. The Morgan fingerprint density at radius 3 is 2.25 bits per heavy atom. The average molecular weight is 376 g/mol. The number of piperazine rings is 1. The summed E-state index contributed by atoms with van der Waals surface area (Å²) in [5, 5.41) is 3.37. The third kappa shape index (κ3) is 3.96. The molecule has 5 heteroatoms. The summed E-state index contributed by atoms with van der Waals surface area (Å²) in [6.45, 7) is 7.18. The molecular weight excluding hydrogens is 346 g/mol. The number of nitrogens with zero attached hydrogens (tertiary/aromatic N) is 3. The number of rotatable bonds is 6. The number of aryl methyl sites for hydroxylation is 1. The average Bonchev–Trinajstić information content (AvgIpc) is 3.15. The normalized spacial score (nSPS) is 16.3. The molecule has 2 aromatic carbocycles. The van der Waals surface area contributed by atoms with Crippen LogP contribution >= 0.6 is 0 Å². The number of likely N-dealkylation sites (N-methyl/N-ethyl adjacent to an activating group) is 1. The number of H-pyrrole nitrogens is 1. The second kappa shape index (κ2) is 8.59. The number of aromatic nitrogens is 2. The molecule has 0 saturated carbocycles. The van der Waals surface area contributed by atoms with Gasteiger partial charge in [0.25, 0.3) is 0 Å². The second-order valence-electron chi connectivity index (χ2n) is 7.39. The van der Waals surface area contributed by atoms with E-state index >= 15 is 0 Å². The second-order valence-corrected chi connectivity index (χ2v) is 7.39. The monoisotopic (exact) mass is 375 g/mol. The van der Waals surface area contributed by atoms with Gasteiger partial charge < -0.3 is 15.2 Å². The van der Waals surface area contributed by atoms with E-state index in [1.807, 2.05) is 13.1 Å². The first kappa shape index (κ1) is 18.7. The van der Waals surface area contributed by atoms with E-state index in [4.69, 9.17) is 4.98 Å². The van der Waals surface area contributed by atoms with Crippen molar-refractivity contribution in [3.8, 4) is 11.4 Å². The smallest absolute Gasteiger partial charge is 0.137 e. The van der Waals surface area contributed by atoms with Crippen LogP contribution in [0.5, 0.6) is 0 Å². The first-order chi connectivity index (χ1) is 13.8. The summed E-state index contributed by atoms with van der Waals surface area (Å²) in [7, 11) is 2.02. The molecule has 4 rings (SSSR count). The minimum Gasteiger partial charge on any atom is -0.369 e. The van der Waals surface area contributed by atoms with Gasteiger partial charge in [-0.15, -0.1) is 0 Å². The Balaban J connectivity index is 1.51. The maximum atomic E-state index is 5.00. The van der Waals surface area contributed by atoms with Crippen molar-refractivity contribution in [3.63, 3.8) is 0 Å². The first-order valence-electron chi connectivity index (χ1n) is 10.1. The fourth-order valence-electron chi connectivity index (χ4n) is 4.05. The lowest BCUT2D eigenvalue weighted by Crippen LogP contribution is -2.49. The molecule has 2 heterocycles. The quantitative estimate of drug-likeness (QED) is 0.693. The van der Waals surface area contributed by atoms with Crippen LogP contribution in [0, 0.1) is 6.92 Å². The van der Waals surface area contributed by atoms with Crippen LogP contribution in [0.1, 0.15) is 17.4 Å². The van der Waals surface area contributed by atoms with Crippen LogP contribution in [0.15, 0.2) is 60.7 Å². The number of benzene rings is 2. The Kier molecular flexibility index (Phi) is 5.74. The van der Waals surface area contributed by atoms with Crippen LogP contribution in [0.4, 0.5) is 5.69 Å². The van der Waals surface area contributed by atoms with Gasteiger partial charge in [0, 0.05) is 49.7 Å². The van der Waals surface area contributed by atoms with E-state index < -0.39 is 0 Å². The van der Waals surface area contributed by atoms with Crippen molar-refractivity contribution in [3.05, 3.63) is 72.1 Å². The molecule has 1 atom stereocenters. The van der Waals surface area contributed by atoms with E-state index in [0.717, 1.165) is 55.5 Å². The summed E-state index contributed by atoms with van der Waals surface area (Å²) in [4.78, 5) is 13.5. The van der Waals surface area contributed by atoms with E-state index in [0.29, 0.717) is 0 Å². The zero-order chi connectivity index (χ0) is 19.3. The lowest BCUT2D eigenvalue weighted by Gasteiger charge is -2.40. The van der Waals surface area contributed by atoms with E-state index in [1.54, 1.807) is 0 Å². The number of anilines is 1. The molecule has 1 aromatic heterocycles. The van der Waals surface area contributed by atoms with Gasteiger partial charge in [0.1, 0.15) is 5.82 Å². The fraction of sp³-hybridized carbons (Fsp3) is 0.348. The highest BCUT2D eigenvalue weighted by Crippen LogP contribution is 2.27. The largest absolute Gasteiger partial charge is 0.369 e. The van der Waals surface area contributed by atoms with Crippen molar-refractivity contribution < 1.29 is 0 Å². The van der Waals surface area contributed by atoms with Gasteiger partial charge in [-0.3, -0.25) is 4.90 Å². The number of nitrogens with one attached hydrogen (secondary N) is 2. The van der Waals surface area contributed by atoms with E-state index in [2.05, 4.69) is 81.6 Å². The predicted octanol–water partition coefficient (Wildman–Crippen LogP) is 3.47. The molecule has 1 aliphatic heterocycles. The lowest BCUT2D eigenvalue weighted by molar-refractivity contribution is 0.180. The molecule has 0 aliphatic carbocycles. The topological polar surface area (TPSA) is 47.2 Å². The number of para-hydroxylation sites is 1. The minimum atomic E-state index is 0.275. The maximum absolute atomic E-state index is 5.00. The van der Waals surface area contributed by atoms with Crippen molar-refractivity contribution in [1.29, 1.82) is 0 Å². The van der Waals surface area contributed by atoms with Gasteiger partial charge in [-0.1, -0.05) is 48.5 Å². The highest BCUT2D eigenvalue weighted by molar-refractivity contribution is 5.55. The minimum absolute atomic E-state index is 0.275. The van der Waals surface area contributed by atoms with Gasteiger partial charge in [-0.25, -0.2) is 4.98 Å². The lowest BCUT2D eigenvalue weighted by atomic mass is 10.1. The van der Waals surface area contributed by atoms with Gasteiger partial charge in [0.05, 0.1) is 11.7 Å². The van der Waals surface area contributed by atoms with Crippen LogP contribution in [0.25, 0.3) is 11.4 Å². The molecule has 1 aliphatic rings. The standard InChI is InChI=1S/C23H29N5/c1-18-22(26-23(25-18)19-9-5-3-6-10-19)21(17-24-2)28-15-13-27(14-16-28)20-11-7-4-8-12-20/h3-12,21,24H,13-17H2,1-2H3,(H,25,26). The highest BCUT2D eigenvalue weighted by Gasteiger charge is 2.28. The Morgan fingerprint density at radius 1 is 0.964 bits per heavy atom. The Morgan fingerprint density at radius 2 is 1.61 bits per heavy atom. The Hall–Kier alpha value is -2.63. The van der Waals surface area contributed by atoms with E-state index in [9.17, 15) is 0 Å². The Labute approximate surface area is 167 Å². The number of hydrogen-bond acceptors (Lipinski definition) is 4. The molecule has 1 saturated heterocycles. The molecule has 28 heavy (non-hydrogen) atoms. The van der Waals surface area contributed by atoms with Crippen LogP contribution in [0.2, 0.25) is 0 Å². The van der Waals surface area contributed by atoms with Gasteiger partial charge in [0.15, 0.2) is 0 Å². The zero-order valence-corrected chi connectivity index (χ0v) is 16.7. The number of imidazole rings is 1. The SMILES string of the molecule is CNCC(c1nc(-c2ccccc2)[nH]c1C)N1CCN(c2ccccc2)CC1. The maximum Gasteiger partial charge on any atom is 0.137 e. The molecule has 0 radical (unpaired) electrons. The Bertz CT molecular complexity index is 867. The highest BCUT2D eigenvalue weighted by atomic mass is 15.3.